The summed E-state index contributed by atoms with van der Waals surface area (Å²) in [6.07, 6.45) is 5.43. The van der Waals surface area contributed by atoms with Gasteiger partial charge in [0.2, 0.25) is 5.91 Å². The number of hydrogen-bond acceptors (Lipinski definition) is 4. The van der Waals surface area contributed by atoms with Crippen molar-refractivity contribution in [2.45, 2.75) is 70.1 Å². The first-order valence-electron chi connectivity index (χ1n) is 8.56. The summed E-state index contributed by atoms with van der Waals surface area (Å²) < 4.78 is 5.71. The average molecular weight is 311 g/mol. The number of likely N-dealkylation sites (N-methyl/N-ethyl adjacent to an activating group) is 1. The second-order valence-electron chi connectivity index (χ2n) is 7.85. The van der Waals surface area contributed by atoms with E-state index >= 15 is 0 Å². The molecule has 0 bridgehead atoms. The van der Waals surface area contributed by atoms with E-state index in [0.717, 1.165) is 12.8 Å². The van der Waals surface area contributed by atoms with Crippen molar-refractivity contribution in [1.29, 1.82) is 0 Å². The molecule has 1 amide bonds. The molecule has 0 aromatic rings. The fraction of sp³-hybridized carbons (Fsp3) is 0.941. The van der Waals surface area contributed by atoms with Gasteiger partial charge in [-0.15, -0.1) is 0 Å². The molecule has 128 valence electrons. The quantitative estimate of drug-likeness (QED) is 0.780. The zero-order valence-electron chi connectivity index (χ0n) is 14.9. The molecule has 0 aliphatic heterocycles. The normalized spacial score (nSPS) is 32.8. The number of nitrogens with one attached hydrogen (secondary N) is 1. The highest BCUT2D eigenvalue weighted by atomic mass is 16.5. The van der Waals surface area contributed by atoms with Gasteiger partial charge in [0.1, 0.15) is 5.54 Å². The van der Waals surface area contributed by atoms with Crippen molar-refractivity contribution >= 4 is 5.91 Å². The van der Waals surface area contributed by atoms with Crippen LogP contribution in [0, 0.1) is 5.41 Å². The lowest BCUT2D eigenvalue weighted by Gasteiger charge is -2.57. The lowest BCUT2D eigenvalue weighted by atomic mass is 9.54. The Morgan fingerprint density at radius 1 is 1.32 bits per heavy atom. The maximum Gasteiger partial charge on any atom is 0.240 e. The molecule has 2 aliphatic rings. The van der Waals surface area contributed by atoms with Gasteiger partial charge in [-0.25, -0.2) is 0 Å². The van der Waals surface area contributed by atoms with Crippen LogP contribution in [0.2, 0.25) is 0 Å². The first kappa shape index (κ1) is 17.7. The third-order valence-corrected chi connectivity index (χ3v) is 6.30. The Kier molecular flexibility index (Phi) is 4.91. The van der Waals surface area contributed by atoms with Gasteiger partial charge in [-0.3, -0.25) is 4.79 Å². The number of carbonyl (C=O) groups is 1. The minimum atomic E-state index is -0.820. The maximum absolute atomic E-state index is 12.7. The summed E-state index contributed by atoms with van der Waals surface area (Å²) in [4.78, 5) is 15.0. The number of ether oxygens (including phenoxy) is 1. The zero-order chi connectivity index (χ0) is 16.6. The van der Waals surface area contributed by atoms with Crippen LogP contribution in [0.3, 0.4) is 0 Å². The van der Waals surface area contributed by atoms with Crippen LogP contribution in [0.5, 0.6) is 0 Å². The minimum Gasteiger partial charge on any atom is -0.378 e. The van der Waals surface area contributed by atoms with Crippen LogP contribution in [-0.4, -0.2) is 55.2 Å². The van der Waals surface area contributed by atoms with E-state index in [-0.39, 0.29) is 23.0 Å². The molecule has 0 aromatic carbocycles. The molecular formula is C17H33N3O2. The largest absolute Gasteiger partial charge is 0.378 e. The molecule has 22 heavy (non-hydrogen) atoms. The van der Waals surface area contributed by atoms with Gasteiger partial charge in [0.15, 0.2) is 0 Å². The summed E-state index contributed by atoms with van der Waals surface area (Å²) in [5.74, 6) is -0.0263. The van der Waals surface area contributed by atoms with Crippen molar-refractivity contribution in [2.75, 3.05) is 27.2 Å². The molecule has 3 N–H and O–H groups in total. The Hall–Kier alpha value is -0.650. The van der Waals surface area contributed by atoms with Gasteiger partial charge in [0, 0.05) is 30.5 Å². The Morgan fingerprint density at radius 3 is 2.36 bits per heavy atom. The van der Waals surface area contributed by atoms with Crippen LogP contribution in [0.15, 0.2) is 0 Å². The van der Waals surface area contributed by atoms with E-state index in [0.29, 0.717) is 19.6 Å². The molecule has 2 fully saturated rings. The molecule has 2 unspecified atom stereocenters. The molecule has 2 saturated carbocycles. The molecule has 0 saturated heterocycles. The molecule has 0 radical (unpaired) electrons. The maximum atomic E-state index is 12.7. The van der Waals surface area contributed by atoms with Crippen molar-refractivity contribution in [2.24, 2.45) is 11.1 Å². The van der Waals surface area contributed by atoms with Gasteiger partial charge in [-0.2, -0.15) is 0 Å². The van der Waals surface area contributed by atoms with Gasteiger partial charge in [0.25, 0.3) is 0 Å². The monoisotopic (exact) mass is 311 g/mol. The highest BCUT2D eigenvalue weighted by Gasteiger charge is 2.63. The fourth-order valence-corrected chi connectivity index (χ4v) is 4.04. The third-order valence-electron chi connectivity index (χ3n) is 6.30. The third kappa shape index (κ3) is 2.68. The average Bonchev–Trinajstić information content (AvgIpc) is 2.94. The first-order chi connectivity index (χ1) is 10.2. The second kappa shape index (κ2) is 6.10. The van der Waals surface area contributed by atoms with Crippen LogP contribution in [0.25, 0.3) is 0 Å². The number of rotatable bonds is 6. The molecule has 2 atom stereocenters. The standard InChI is InChI=1S/C17H33N3O2/c1-6-22-13-11-17(18,15(13,2)3)14(21)19-12-16(20(4)5)9-7-8-10-16/h13H,6-12,18H2,1-5H3,(H,19,21). The lowest BCUT2D eigenvalue weighted by molar-refractivity contribution is -0.171. The van der Waals surface area contributed by atoms with Crippen LogP contribution >= 0.6 is 0 Å². The smallest absolute Gasteiger partial charge is 0.240 e. The van der Waals surface area contributed by atoms with Crippen molar-refractivity contribution in [3.8, 4) is 0 Å². The van der Waals surface area contributed by atoms with Crippen molar-refractivity contribution in [3.63, 3.8) is 0 Å². The Morgan fingerprint density at radius 2 is 1.91 bits per heavy atom. The highest BCUT2D eigenvalue weighted by Crippen LogP contribution is 2.50. The first-order valence-corrected chi connectivity index (χ1v) is 8.56. The molecule has 5 heteroatoms. The summed E-state index contributed by atoms with van der Waals surface area (Å²) in [7, 11) is 4.21. The fourth-order valence-electron chi connectivity index (χ4n) is 4.04. The molecule has 2 rings (SSSR count). The van der Waals surface area contributed by atoms with Gasteiger partial charge in [-0.05, 0) is 33.9 Å². The predicted molar refractivity (Wildman–Crippen MR) is 88.6 cm³/mol. The number of amides is 1. The molecule has 0 spiro atoms. The van der Waals surface area contributed by atoms with Gasteiger partial charge >= 0.3 is 0 Å². The summed E-state index contributed by atoms with van der Waals surface area (Å²) in [5, 5.41) is 3.15. The lowest BCUT2D eigenvalue weighted by Crippen LogP contribution is -2.76. The summed E-state index contributed by atoms with van der Waals surface area (Å²) in [5.41, 5.74) is 5.39. The van der Waals surface area contributed by atoms with E-state index < -0.39 is 5.54 Å². The number of hydrogen-bond donors (Lipinski definition) is 2. The van der Waals surface area contributed by atoms with Crippen LogP contribution in [0.4, 0.5) is 0 Å². The zero-order valence-corrected chi connectivity index (χ0v) is 14.9. The Balaban J connectivity index is 1.98. The second-order valence-corrected chi connectivity index (χ2v) is 7.85. The van der Waals surface area contributed by atoms with Gasteiger partial charge in [0.05, 0.1) is 6.10 Å². The van der Waals surface area contributed by atoms with Crippen LogP contribution in [-0.2, 0) is 9.53 Å². The molecule has 2 aliphatic carbocycles. The summed E-state index contributed by atoms with van der Waals surface area (Å²) >= 11 is 0. The molecule has 0 heterocycles. The van der Waals surface area contributed by atoms with Crippen molar-refractivity contribution in [3.05, 3.63) is 0 Å². The highest BCUT2D eigenvalue weighted by molar-refractivity contribution is 5.88. The minimum absolute atomic E-state index is 0.0263. The Labute approximate surface area is 134 Å². The van der Waals surface area contributed by atoms with Crippen molar-refractivity contribution in [1.82, 2.24) is 10.2 Å². The topological polar surface area (TPSA) is 67.6 Å². The number of carbonyl (C=O) groups excluding carboxylic acids is 1. The van der Waals surface area contributed by atoms with E-state index in [2.05, 4.69) is 24.3 Å². The molecule has 5 nitrogen and oxygen atoms in total. The Bertz CT molecular complexity index is 416. The summed E-state index contributed by atoms with van der Waals surface area (Å²) in [6, 6.07) is 0. The van der Waals surface area contributed by atoms with E-state index in [1.54, 1.807) is 0 Å². The van der Waals surface area contributed by atoms with E-state index in [1.807, 2.05) is 20.8 Å². The summed E-state index contributed by atoms with van der Waals surface area (Å²) in [6.45, 7) is 7.40. The SMILES string of the molecule is CCOC1CC(N)(C(=O)NCC2(N(C)C)CCCC2)C1(C)C. The molecular weight excluding hydrogens is 278 g/mol. The predicted octanol–water partition coefficient (Wildman–Crippen LogP) is 1.51. The van der Waals surface area contributed by atoms with E-state index in [4.69, 9.17) is 10.5 Å². The van der Waals surface area contributed by atoms with Crippen LogP contribution < -0.4 is 11.1 Å². The van der Waals surface area contributed by atoms with E-state index in [9.17, 15) is 4.79 Å². The van der Waals surface area contributed by atoms with Crippen molar-refractivity contribution < 1.29 is 9.53 Å². The van der Waals surface area contributed by atoms with Gasteiger partial charge in [-0.1, -0.05) is 26.7 Å². The van der Waals surface area contributed by atoms with E-state index in [1.165, 1.54) is 12.8 Å². The van der Waals surface area contributed by atoms with Gasteiger partial charge < -0.3 is 20.7 Å². The number of nitrogens with two attached hydrogens (primary N) is 1. The van der Waals surface area contributed by atoms with Crippen LogP contribution in [0.1, 0.15) is 52.9 Å². The molecule has 0 aromatic heterocycles. The number of nitrogens with zero attached hydrogens (tertiary/aromatic N) is 1.